The SMILES string of the molecule is CCNC(=NCC(C)(C)N1CCCCC1)NCCC(=O)N1CCN(c2ncccn2)CC1. The molecule has 2 aliphatic rings. The molecule has 32 heavy (non-hydrogen) atoms. The van der Waals surface area contributed by atoms with Crippen molar-refractivity contribution in [2.24, 2.45) is 4.99 Å². The number of piperazine rings is 1. The zero-order chi connectivity index (χ0) is 22.8. The summed E-state index contributed by atoms with van der Waals surface area (Å²) in [5.74, 6) is 1.70. The highest BCUT2D eigenvalue weighted by Gasteiger charge is 2.27. The number of nitrogens with zero attached hydrogens (tertiary/aromatic N) is 6. The molecular weight excluding hydrogens is 404 g/mol. The minimum Gasteiger partial charge on any atom is -0.357 e. The summed E-state index contributed by atoms with van der Waals surface area (Å²) < 4.78 is 0. The van der Waals surface area contributed by atoms with Crippen molar-refractivity contribution in [1.29, 1.82) is 0 Å². The Hall–Kier alpha value is -2.42. The van der Waals surface area contributed by atoms with Crippen LogP contribution in [0.2, 0.25) is 0 Å². The Labute approximate surface area is 192 Å². The fraction of sp³-hybridized carbons (Fsp3) is 0.739. The second kappa shape index (κ2) is 12.0. The first-order valence-electron chi connectivity index (χ1n) is 12.1. The van der Waals surface area contributed by atoms with Crippen LogP contribution in [0.5, 0.6) is 0 Å². The highest BCUT2D eigenvalue weighted by Crippen LogP contribution is 2.20. The highest BCUT2D eigenvalue weighted by molar-refractivity contribution is 5.81. The number of hydrogen-bond donors (Lipinski definition) is 2. The molecule has 0 radical (unpaired) electrons. The van der Waals surface area contributed by atoms with Gasteiger partial charge in [0.05, 0.1) is 6.54 Å². The number of carbonyl (C=O) groups is 1. The molecule has 1 aromatic heterocycles. The second-order valence-electron chi connectivity index (χ2n) is 9.15. The van der Waals surface area contributed by atoms with Crippen molar-refractivity contribution >= 4 is 17.8 Å². The number of guanidine groups is 1. The molecule has 3 rings (SSSR count). The number of piperidine rings is 1. The molecule has 1 aromatic rings. The first kappa shape index (κ1) is 24.2. The Morgan fingerprint density at radius 3 is 2.38 bits per heavy atom. The number of aromatic nitrogens is 2. The summed E-state index contributed by atoms with van der Waals surface area (Å²) in [4.78, 5) is 32.7. The van der Waals surface area contributed by atoms with Gasteiger partial charge in [-0.05, 0) is 52.8 Å². The lowest BCUT2D eigenvalue weighted by Crippen LogP contribution is -2.50. The van der Waals surface area contributed by atoms with Crippen LogP contribution in [0, 0.1) is 0 Å². The third-order valence-corrected chi connectivity index (χ3v) is 6.28. The first-order chi connectivity index (χ1) is 15.5. The van der Waals surface area contributed by atoms with Crippen molar-refractivity contribution in [3.63, 3.8) is 0 Å². The number of carbonyl (C=O) groups excluding carboxylic acids is 1. The maximum Gasteiger partial charge on any atom is 0.225 e. The first-order valence-corrected chi connectivity index (χ1v) is 12.1. The summed E-state index contributed by atoms with van der Waals surface area (Å²) in [6, 6.07) is 1.82. The van der Waals surface area contributed by atoms with Crippen molar-refractivity contribution in [2.45, 2.75) is 52.0 Å². The number of amides is 1. The van der Waals surface area contributed by atoms with E-state index in [4.69, 9.17) is 4.99 Å². The summed E-state index contributed by atoms with van der Waals surface area (Å²) in [6.07, 6.45) is 7.86. The van der Waals surface area contributed by atoms with Gasteiger partial charge in [0.1, 0.15) is 0 Å². The minimum absolute atomic E-state index is 0.0424. The molecule has 1 amide bonds. The van der Waals surface area contributed by atoms with Crippen LogP contribution in [-0.4, -0.2) is 96.1 Å². The zero-order valence-electron chi connectivity index (χ0n) is 20.0. The van der Waals surface area contributed by atoms with Crippen LogP contribution in [0.1, 0.15) is 46.5 Å². The van der Waals surface area contributed by atoms with Crippen molar-refractivity contribution in [3.8, 4) is 0 Å². The Morgan fingerprint density at radius 1 is 1.03 bits per heavy atom. The van der Waals surface area contributed by atoms with Crippen LogP contribution in [0.25, 0.3) is 0 Å². The van der Waals surface area contributed by atoms with Gasteiger partial charge in [0.25, 0.3) is 0 Å². The lowest BCUT2D eigenvalue weighted by molar-refractivity contribution is -0.131. The van der Waals surface area contributed by atoms with E-state index in [-0.39, 0.29) is 11.4 Å². The van der Waals surface area contributed by atoms with Gasteiger partial charge < -0.3 is 20.4 Å². The predicted octanol–water partition coefficient (Wildman–Crippen LogP) is 1.33. The van der Waals surface area contributed by atoms with E-state index in [2.05, 4.69) is 51.2 Å². The van der Waals surface area contributed by atoms with E-state index in [1.54, 1.807) is 12.4 Å². The van der Waals surface area contributed by atoms with Crippen LogP contribution in [0.4, 0.5) is 5.95 Å². The fourth-order valence-electron chi connectivity index (χ4n) is 4.27. The number of nitrogens with one attached hydrogen (secondary N) is 2. The number of rotatable bonds is 8. The standard InChI is InChI=1S/C23H40N8O/c1-4-24-21(28-19-23(2,3)31-13-6-5-7-14-31)25-12-9-20(32)29-15-17-30(18-16-29)22-26-10-8-11-27-22/h8,10-11H,4-7,9,12-19H2,1-3H3,(H2,24,25,28). The van der Waals surface area contributed by atoms with Crippen LogP contribution in [0.3, 0.4) is 0 Å². The molecule has 178 valence electrons. The summed E-state index contributed by atoms with van der Waals surface area (Å²) in [5.41, 5.74) is 0.0424. The van der Waals surface area contributed by atoms with Crippen molar-refractivity contribution in [1.82, 2.24) is 30.4 Å². The zero-order valence-corrected chi connectivity index (χ0v) is 20.0. The van der Waals surface area contributed by atoms with Gasteiger partial charge in [-0.15, -0.1) is 0 Å². The molecule has 2 aliphatic heterocycles. The van der Waals surface area contributed by atoms with Gasteiger partial charge in [-0.3, -0.25) is 14.7 Å². The Morgan fingerprint density at radius 2 is 1.72 bits per heavy atom. The molecule has 0 atom stereocenters. The molecule has 2 N–H and O–H groups in total. The molecule has 0 spiro atoms. The number of likely N-dealkylation sites (tertiary alicyclic amines) is 1. The van der Waals surface area contributed by atoms with Crippen LogP contribution < -0.4 is 15.5 Å². The van der Waals surface area contributed by atoms with E-state index in [9.17, 15) is 4.79 Å². The average molecular weight is 445 g/mol. The third kappa shape index (κ3) is 7.05. The molecule has 9 heteroatoms. The number of aliphatic imine (C=N–C) groups is 1. The molecule has 0 aliphatic carbocycles. The maximum atomic E-state index is 12.7. The Bertz CT molecular complexity index is 725. The molecular formula is C23H40N8O. The molecule has 2 saturated heterocycles. The quantitative estimate of drug-likeness (QED) is 0.462. The Balaban J connectivity index is 1.41. The van der Waals surface area contributed by atoms with E-state index in [0.29, 0.717) is 26.1 Å². The molecule has 2 fully saturated rings. The molecule has 0 bridgehead atoms. The molecule has 3 heterocycles. The fourth-order valence-corrected chi connectivity index (χ4v) is 4.27. The third-order valence-electron chi connectivity index (χ3n) is 6.28. The topological polar surface area (TPSA) is 89.0 Å². The highest BCUT2D eigenvalue weighted by atomic mass is 16.2. The number of anilines is 1. The average Bonchev–Trinajstić information content (AvgIpc) is 2.83. The van der Waals surface area contributed by atoms with Crippen LogP contribution in [-0.2, 0) is 4.79 Å². The van der Waals surface area contributed by atoms with Gasteiger partial charge in [0, 0.05) is 63.6 Å². The number of hydrogen-bond acceptors (Lipinski definition) is 6. The summed E-state index contributed by atoms with van der Waals surface area (Å²) in [5, 5.41) is 6.65. The predicted molar refractivity (Wildman–Crippen MR) is 129 cm³/mol. The van der Waals surface area contributed by atoms with Gasteiger partial charge in [-0.2, -0.15) is 0 Å². The monoisotopic (exact) mass is 444 g/mol. The second-order valence-corrected chi connectivity index (χ2v) is 9.15. The van der Waals surface area contributed by atoms with Crippen LogP contribution in [0.15, 0.2) is 23.5 Å². The van der Waals surface area contributed by atoms with Crippen molar-refractivity contribution in [3.05, 3.63) is 18.5 Å². The van der Waals surface area contributed by atoms with E-state index in [1.165, 1.54) is 19.3 Å². The van der Waals surface area contributed by atoms with E-state index < -0.39 is 0 Å². The molecule has 0 unspecified atom stereocenters. The van der Waals surface area contributed by atoms with E-state index in [0.717, 1.165) is 51.2 Å². The molecule has 0 aromatic carbocycles. The van der Waals surface area contributed by atoms with Gasteiger partial charge >= 0.3 is 0 Å². The molecule has 9 nitrogen and oxygen atoms in total. The maximum absolute atomic E-state index is 12.7. The lowest BCUT2D eigenvalue weighted by atomic mass is 9.99. The van der Waals surface area contributed by atoms with Crippen molar-refractivity contribution < 1.29 is 4.79 Å². The normalized spacial score (nSPS) is 18.5. The molecule has 0 saturated carbocycles. The van der Waals surface area contributed by atoms with Gasteiger partial charge in [0.2, 0.25) is 11.9 Å². The van der Waals surface area contributed by atoms with E-state index in [1.807, 2.05) is 11.0 Å². The largest absolute Gasteiger partial charge is 0.357 e. The summed E-state index contributed by atoms with van der Waals surface area (Å²) in [7, 11) is 0. The van der Waals surface area contributed by atoms with Gasteiger partial charge in [-0.1, -0.05) is 6.42 Å². The summed E-state index contributed by atoms with van der Waals surface area (Å²) >= 11 is 0. The lowest BCUT2D eigenvalue weighted by Gasteiger charge is -2.40. The van der Waals surface area contributed by atoms with Gasteiger partial charge in [-0.25, -0.2) is 9.97 Å². The van der Waals surface area contributed by atoms with Gasteiger partial charge in [0.15, 0.2) is 5.96 Å². The Kier molecular flexibility index (Phi) is 9.08. The smallest absolute Gasteiger partial charge is 0.225 e. The van der Waals surface area contributed by atoms with Crippen LogP contribution >= 0.6 is 0 Å². The van der Waals surface area contributed by atoms with Crippen molar-refractivity contribution in [2.75, 3.05) is 63.8 Å². The summed E-state index contributed by atoms with van der Waals surface area (Å²) in [6.45, 7) is 14.0. The van der Waals surface area contributed by atoms with E-state index >= 15 is 0 Å². The minimum atomic E-state index is 0.0424.